The number of nitrogens with one attached hydrogen (secondary N) is 3. The smallest absolute Gasteiger partial charge is 0.220 e. The van der Waals surface area contributed by atoms with Crippen molar-refractivity contribution in [2.24, 2.45) is 11.5 Å². The van der Waals surface area contributed by atoms with Crippen LogP contribution in [-0.2, 0) is 26.2 Å². The molecule has 20 heteroatoms. The number of guanidine groups is 1. The molecule has 51 heavy (non-hydrogen) atoms. The number of nitrogens with two attached hydrogens (primary N) is 4. The molecule has 0 saturated heterocycles. The second-order valence-corrected chi connectivity index (χ2v) is 13.3. The Labute approximate surface area is 319 Å². The topological polar surface area (TPSA) is 255 Å². The lowest BCUT2D eigenvalue weighted by molar-refractivity contribution is 0.412. The van der Waals surface area contributed by atoms with Crippen LogP contribution in [0.25, 0.3) is 22.5 Å². The highest BCUT2D eigenvalue weighted by Gasteiger charge is 2.28. The van der Waals surface area contributed by atoms with Gasteiger partial charge < -0.3 is 42.6 Å². The van der Waals surface area contributed by atoms with Gasteiger partial charge in [-0.2, -0.15) is 5.10 Å². The summed E-state index contributed by atoms with van der Waals surface area (Å²) in [5.41, 5.74) is 28.7. The van der Waals surface area contributed by atoms with Crippen LogP contribution in [-0.4, -0.2) is 60.8 Å². The molecule has 5 aromatic rings. The standard InChI is InChI=1S/C14H14BrClN6O.C13H12BrClN4O.C4H6N4/c1-23-11-2-6(9(16)3-8(11)15)12-7-4-22(13(17)18)5-10(7)20-14(19)21-12;1-20-11-2-6(9(15)3-8(11)14)12-7-4-17-5-10(7)18-13(16)19-12;5-4(6)8-3-1-2-7-8/h2-3H,4-5H2,1H3,(H3,17,18)(H2,19,20,21);2-3,17H,4-5H2,1H3,(H2,16,18,19);1-3H,(H3,5,6). The van der Waals surface area contributed by atoms with E-state index in [1.54, 1.807) is 55.8 Å². The van der Waals surface area contributed by atoms with E-state index in [0.717, 1.165) is 42.7 Å². The largest absolute Gasteiger partial charge is 0.496 e. The van der Waals surface area contributed by atoms with E-state index in [4.69, 9.17) is 66.4 Å². The van der Waals surface area contributed by atoms with Gasteiger partial charge in [-0.1, -0.05) is 23.2 Å². The molecule has 0 aliphatic carbocycles. The fourth-order valence-corrected chi connectivity index (χ4v) is 7.00. The van der Waals surface area contributed by atoms with Crippen molar-refractivity contribution >= 4 is 78.9 Å². The van der Waals surface area contributed by atoms with Crippen molar-refractivity contribution in [3.8, 4) is 34.0 Å². The van der Waals surface area contributed by atoms with E-state index in [1.165, 1.54) is 4.68 Å². The first-order valence-corrected chi connectivity index (χ1v) is 17.2. The van der Waals surface area contributed by atoms with Gasteiger partial charge in [0.1, 0.15) is 11.5 Å². The molecule has 0 spiro atoms. The Balaban J connectivity index is 0.000000164. The van der Waals surface area contributed by atoms with Crippen LogP contribution in [0, 0.1) is 10.8 Å². The van der Waals surface area contributed by atoms with Crippen molar-refractivity contribution in [2.75, 3.05) is 25.7 Å². The number of nitrogen functional groups attached to an aromatic ring is 3. The van der Waals surface area contributed by atoms with Crippen molar-refractivity contribution in [3.63, 3.8) is 0 Å². The van der Waals surface area contributed by atoms with Crippen LogP contribution >= 0.6 is 55.1 Å². The molecule has 0 radical (unpaired) electrons. The number of benzene rings is 2. The Kier molecular flexibility index (Phi) is 11.8. The Morgan fingerprint density at radius 1 is 0.784 bits per heavy atom. The first kappa shape index (κ1) is 37.5. The third kappa shape index (κ3) is 8.42. The Morgan fingerprint density at radius 3 is 1.80 bits per heavy atom. The van der Waals surface area contributed by atoms with Crippen LogP contribution < -0.4 is 37.7 Å². The number of rotatable bonds is 4. The Hall–Kier alpha value is -4.75. The molecule has 0 unspecified atom stereocenters. The molecule has 7 rings (SSSR count). The molecular formula is C31H32Br2Cl2N14O2. The average Bonchev–Trinajstić information content (AvgIpc) is 3.87. The van der Waals surface area contributed by atoms with E-state index < -0.39 is 0 Å². The van der Waals surface area contributed by atoms with Crippen LogP contribution in [0.1, 0.15) is 22.5 Å². The zero-order valence-corrected chi connectivity index (χ0v) is 31.8. The number of ether oxygens (including phenoxy) is 2. The van der Waals surface area contributed by atoms with Gasteiger partial charge in [0.05, 0.1) is 69.1 Å². The lowest BCUT2D eigenvalue weighted by atomic mass is 10.1. The minimum Gasteiger partial charge on any atom is -0.496 e. The van der Waals surface area contributed by atoms with Gasteiger partial charge in [-0.15, -0.1) is 0 Å². The summed E-state index contributed by atoms with van der Waals surface area (Å²) in [6.45, 7) is 2.27. The van der Waals surface area contributed by atoms with Gasteiger partial charge in [0.25, 0.3) is 0 Å². The second-order valence-electron chi connectivity index (χ2n) is 10.8. The Bertz CT molecular complexity index is 2120. The van der Waals surface area contributed by atoms with Crippen molar-refractivity contribution in [1.29, 1.82) is 10.8 Å². The minimum absolute atomic E-state index is 0.0213. The summed E-state index contributed by atoms with van der Waals surface area (Å²) in [6.07, 6.45) is 3.18. The molecule has 2 aliphatic rings. The lowest BCUT2D eigenvalue weighted by Gasteiger charge is -2.14. The van der Waals surface area contributed by atoms with Crippen LogP contribution in [0.3, 0.4) is 0 Å². The molecule has 0 fully saturated rings. The van der Waals surface area contributed by atoms with Gasteiger partial charge in [0, 0.05) is 47.7 Å². The Morgan fingerprint density at radius 2 is 1.33 bits per heavy atom. The van der Waals surface area contributed by atoms with E-state index in [0.29, 0.717) is 59.0 Å². The van der Waals surface area contributed by atoms with E-state index in [-0.39, 0.29) is 23.8 Å². The minimum atomic E-state index is -0.0602. The number of nitrogens with zero attached hydrogens (tertiary/aromatic N) is 7. The normalized spacial score (nSPS) is 12.5. The zero-order chi connectivity index (χ0) is 37.0. The van der Waals surface area contributed by atoms with E-state index in [1.807, 2.05) is 6.07 Å². The molecule has 0 bridgehead atoms. The highest BCUT2D eigenvalue weighted by molar-refractivity contribution is 9.11. The number of halogens is 4. The molecular weight excluding hydrogens is 831 g/mol. The second kappa shape index (κ2) is 16.1. The predicted molar refractivity (Wildman–Crippen MR) is 204 cm³/mol. The van der Waals surface area contributed by atoms with Crippen molar-refractivity contribution in [1.82, 2.24) is 39.9 Å². The number of hydrogen-bond donors (Lipinski definition) is 7. The van der Waals surface area contributed by atoms with Gasteiger partial charge in [-0.05, 0) is 62.2 Å². The molecule has 0 atom stereocenters. The maximum atomic E-state index is 7.60. The fraction of sp³-hybridized carbons (Fsp3) is 0.194. The summed E-state index contributed by atoms with van der Waals surface area (Å²) in [5, 5.41) is 22.5. The van der Waals surface area contributed by atoms with E-state index in [2.05, 4.69) is 62.2 Å². The summed E-state index contributed by atoms with van der Waals surface area (Å²) in [4.78, 5) is 18.9. The summed E-state index contributed by atoms with van der Waals surface area (Å²) in [7, 11) is 3.19. The van der Waals surface area contributed by atoms with Crippen LogP contribution in [0.4, 0.5) is 11.9 Å². The molecule has 0 amide bonds. The SMILES string of the molecule is COc1cc(-c2nc(N)nc3c2CN(C(=N)N)C3)c(Cl)cc1Br.COc1cc(-c2nc(N)nc3c2CNC3)c(Cl)cc1Br.N=C(N)n1cccn1. The molecule has 11 N–H and O–H groups in total. The van der Waals surface area contributed by atoms with Crippen molar-refractivity contribution in [2.45, 2.75) is 26.2 Å². The maximum absolute atomic E-state index is 7.60. The summed E-state index contributed by atoms with van der Waals surface area (Å²) in [5.74, 6) is 1.66. The number of fused-ring (bicyclic) bond motifs is 2. The molecule has 5 heterocycles. The quantitative estimate of drug-likeness (QED) is 0.0954. The summed E-state index contributed by atoms with van der Waals surface area (Å²) in [6, 6.07) is 8.90. The molecule has 266 valence electrons. The first-order chi connectivity index (χ1) is 24.3. The van der Waals surface area contributed by atoms with E-state index >= 15 is 0 Å². The van der Waals surface area contributed by atoms with Gasteiger partial charge in [-0.3, -0.25) is 10.8 Å². The predicted octanol–water partition coefficient (Wildman–Crippen LogP) is 4.74. The molecule has 3 aromatic heterocycles. The number of methoxy groups -OCH3 is 2. The van der Waals surface area contributed by atoms with E-state index in [9.17, 15) is 0 Å². The molecule has 16 nitrogen and oxygen atoms in total. The molecule has 0 saturated carbocycles. The third-order valence-corrected chi connectivity index (χ3v) is 9.45. The highest BCUT2D eigenvalue weighted by atomic mass is 79.9. The molecule has 2 aliphatic heterocycles. The number of anilines is 2. The first-order valence-electron chi connectivity index (χ1n) is 14.8. The van der Waals surface area contributed by atoms with Crippen LogP contribution in [0.5, 0.6) is 11.5 Å². The van der Waals surface area contributed by atoms with Gasteiger partial charge in [0.2, 0.25) is 17.9 Å². The lowest BCUT2D eigenvalue weighted by Crippen LogP contribution is -2.31. The average molecular weight is 863 g/mol. The summed E-state index contributed by atoms with van der Waals surface area (Å²) < 4.78 is 13.5. The van der Waals surface area contributed by atoms with Gasteiger partial charge in [0.15, 0.2) is 5.96 Å². The summed E-state index contributed by atoms with van der Waals surface area (Å²) >= 11 is 19.5. The monoisotopic (exact) mass is 860 g/mol. The van der Waals surface area contributed by atoms with Crippen LogP contribution in [0.2, 0.25) is 10.0 Å². The van der Waals surface area contributed by atoms with Gasteiger partial charge >= 0.3 is 0 Å². The third-order valence-electron chi connectivity index (χ3n) is 7.59. The highest BCUT2D eigenvalue weighted by Crippen LogP contribution is 2.40. The van der Waals surface area contributed by atoms with Gasteiger partial charge in [-0.25, -0.2) is 24.6 Å². The fourth-order valence-electron chi connectivity index (χ4n) is 5.22. The van der Waals surface area contributed by atoms with Crippen molar-refractivity contribution in [3.05, 3.63) is 84.2 Å². The molecule has 2 aromatic carbocycles. The number of aromatic nitrogens is 6. The maximum Gasteiger partial charge on any atom is 0.220 e. The zero-order valence-electron chi connectivity index (χ0n) is 27.1. The van der Waals surface area contributed by atoms with Crippen LogP contribution in [0.15, 0.2) is 51.7 Å². The van der Waals surface area contributed by atoms with Crippen molar-refractivity contribution < 1.29 is 9.47 Å². The number of hydrogen-bond acceptors (Lipinski definition) is 12.